The van der Waals surface area contributed by atoms with Crippen molar-refractivity contribution in [2.24, 2.45) is 0 Å². The zero-order valence-electron chi connectivity index (χ0n) is 21.6. The van der Waals surface area contributed by atoms with Gasteiger partial charge in [-0.15, -0.1) is 0 Å². The number of rotatable bonds is 8. The van der Waals surface area contributed by atoms with Crippen LogP contribution < -0.4 is 10.1 Å². The Hall–Kier alpha value is -4.91. The van der Waals surface area contributed by atoms with Crippen LogP contribution in [0.25, 0.3) is 11.1 Å². The molecular weight excluding hydrogens is 492 g/mol. The zero-order valence-corrected chi connectivity index (χ0v) is 21.6. The summed E-state index contributed by atoms with van der Waals surface area (Å²) in [6.07, 6.45) is 0.338. The van der Waals surface area contributed by atoms with E-state index >= 15 is 0 Å². The van der Waals surface area contributed by atoms with Crippen LogP contribution in [-0.4, -0.2) is 33.8 Å². The number of fused-ring (bicyclic) bond motifs is 1. The Bertz CT molecular complexity index is 1510. The third-order valence-corrected chi connectivity index (χ3v) is 6.96. The molecule has 0 saturated carbocycles. The Morgan fingerprint density at radius 3 is 2.18 bits per heavy atom. The number of carbonyl (C=O) groups excluding carboxylic acids is 2. The molecule has 0 saturated heterocycles. The normalized spacial score (nSPS) is 15.0. The highest BCUT2D eigenvalue weighted by atomic mass is 16.5. The van der Waals surface area contributed by atoms with Crippen molar-refractivity contribution in [1.29, 1.82) is 0 Å². The van der Waals surface area contributed by atoms with Crippen LogP contribution in [0.1, 0.15) is 52.6 Å². The van der Waals surface area contributed by atoms with E-state index in [0.29, 0.717) is 29.0 Å². The van der Waals surface area contributed by atoms with Crippen molar-refractivity contribution in [3.63, 3.8) is 0 Å². The molecule has 5 rings (SSSR count). The molecule has 0 fully saturated rings. The summed E-state index contributed by atoms with van der Waals surface area (Å²) in [6, 6.07) is 28.2. The van der Waals surface area contributed by atoms with Crippen LogP contribution >= 0.6 is 0 Å². The maximum atomic E-state index is 13.1. The molecule has 7 nitrogen and oxygen atoms in total. The van der Waals surface area contributed by atoms with Gasteiger partial charge in [-0.3, -0.25) is 9.59 Å². The van der Waals surface area contributed by atoms with E-state index in [-0.39, 0.29) is 17.9 Å². The molecule has 1 heterocycles. The summed E-state index contributed by atoms with van der Waals surface area (Å²) in [5, 5.41) is 12.5. The van der Waals surface area contributed by atoms with Crippen molar-refractivity contribution in [2.75, 3.05) is 5.32 Å². The summed E-state index contributed by atoms with van der Waals surface area (Å²) < 4.78 is 5.78. The van der Waals surface area contributed by atoms with Gasteiger partial charge in [0.05, 0.1) is 6.04 Å². The lowest BCUT2D eigenvalue weighted by molar-refractivity contribution is -0.143. The number of carboxylic acid groups (broad SMARTS) is 1. The van der Waals surface area contributed by atoms with Crippen LogP contribution in [0.2, 0.25) is 0 Å². The predicted octanol–water partition coefficient (Wildman–Crippen LogP) is 6.78. The van der Waals surface area contributed by atoms with E-state index in [1.165, 1.54) is 4.90 Å². The Balaban J connectivity index is 1.27. The number of hydrogen-bond acceptors (Lipinski definition) is 4. The molecule has 0 aromatic heterocycles. The van der Waals surface area contributed by atoms with Gasteiger partial charge < -0.3 is 20.1 Å². The molecule has 0 bridgehead atoms. The van der Waals surface area contributed by atoms with Gasteiger partial charge in [-0.1, -0.05) is 49.4 Å². The number of anilines is 1. The standard InChI is InChI=1S/C32H28N2O5/c1-3-29(32(37)38)34-20(2)27-18-13-23(19-28(27)31(34)36)21-9-14-24(15-10-21)33-30(35)22-11-16-26(17-12-22)39-25-7-5-4-6-8-25/h4-20,29H,3H2,1-2H3,(H,33,35)(H,37,38)/t20-,29?/m0/s1. The predicted molar refractivity (Wildman–Crippen MR) is 149 cm³/mol. The fourth-order valence-electron chi connectivity index (χ4n) is 4.90. The van der Waals surface area contributed by atoms with Crippen molar-refractivity contribution >= 4 is 23.5 Å². The topological polar surface area (TPSA) is 95.9 Å². The van der Waals surface area contributed by atoms with Crippen LogP contribution in [0.3, 0.4) is 0 Å². The van der Waals surface area contributed by atoms with Gasteiger partial charge in [0.25, 0.3) is 11.8 Å². The molecule has 2 amide bonds. The first-order chi connectivity index (χ1) is 18.9. The van der Waals surface area contributed by atoms with Gasteiger partial charge in [0.15, 0.2) is 0 Å². The molecule has 2 N–H and O–H groups in total. The van der Waals surface area contributed by atoms with E-state index in [0.717, 1.165) is 22.4 Å². The second-order valence-electron chi connectivity index (χ2n) is 9.42. The lowest BCUT2D eigenvalue weighted by Gasteiger charge is -2.28. The van der Waals surface area contributed by atoms with Crippen LogP contribution in [0, 0.1) is 0 Å². The Morgan fingerprint density at radius 2 is 1.54 bits per heavy atom. The number of benzene rings is 4. The van der Waals surface area contributed by atoms with Gasteiger partial charge in [0, 0.05) is 16.8 Å². The quantitative estimate of drug-likeness (QED) is 0.267. The van der Waals surface area contributed by atoms with Gasteiger partial charge in [-0.2, -0.15) is 0 Å². The number of carbonyl (C=O) groups is 3. The van der Waals surface area contributed by atoms with Gasteiger partial charge in [0.2, 0.25) is 0 Å². The van der Waals surface area contributed by atoms with Crippen LogP contribution in [-0.2, 0) is 4.79 Å². The molecule has 0 radical (unpaired) electrons. The molecule has 2 atom stereocenters. The number of aliphatic carboxylic acids is 1. The van der Waals surface area contributed by atoms with Crippen molar-refractivity contribution in [3.8, 4) is 22.6 Å². The minimum atomic E-state index is -1.00. The second-order valence-corrected chi connectivity index (χ2v) is 9.42. The smallest absolute Gasteiger partial charge is 0.326 e. The molecule has 7 heteroatoms. The number of hydrogen-bond donors (Lipinski definition) is 2. The Morgan fingerprint density at radius 1 is 0.897 bits per heavy atom. The number of amides is 2. The number of nitrogens with zero attached hydrogens (tertiary/aromatic N) is 1. The van der Waals surface area contributed by atoms with Crippen molar-refractivity contribution in [1.82, 2.24) is 4.90 Å². The lowest BCUT2D eigenvalue weighted by atomic mass is 9.98. The van der Waals surface area contributed by atoms with Crippen LogP contribution in [0.5, 0.6) is 11.5 Å². The second kappa shape index (κ2) is 10.8. The highest BCUT2D eigenvalue weighted by Gasteiger charge is 2.40. The molecule has 4 aromatic rings. The van der Waals surface area contributed by atoms with E-state index in [2.05, 4.69) is 5.32 Å². The summed E-state index contributed by atoms with van der Waals surface area (Å²) >= 11 is 0. The van der Waals surface area contributed by atoms with Crippen molar-refractivity contribution < 1.29 is 24.2 Å². The molecular formula is C32H28N2O5. The van der Waals surface area contributed by atoms with Crippen LogP contribution in [0.4, 0.5) is 5.69 Å². The fraction of sp³-hybridized carbons (Fsp3) is 0.156. The maximum Gasteiger partial charge on any atom is 0.326 e. The first-order valence-corrected chi connectivity index (χ1v) is 12.8. The average Bonchev–Trinajstić information content (AvgIpc) is 3.19. The lowest BCUT2D eigenvalue weighted by Crippen LogP contribution is -2.42. The first-order valence-electron chi connectivity index (χ1n) is 12.8. The van der Waals surface area contributed by atoms with Gasteiger partial charge in [-0.05, 0) is 84.6 Å². The summed E-state index contributed by atoms with van der Waals surface area (Å²) in [7, 11) is 0. The highest BCUT2D eigenvalue weighted by molar-refractivity contribution is 6.04. The SMILES string of the molecule is CCC(C(=O)O)N1C(=O)c2cc(-c3ccc(NC(=O)c4ccc(Oc5ccccc5)cc4)cc3)ccc2[C@@H]1C. The monoisotopic (exact) mass is 520 g/mol. The number of ether oxygens (including phenoxy) is 1. The van der Waals surface area contributed by atoms with Gasteiger partial charge >= 0.3 is 5.97 Å². The number of para-hydroxylation sites is 1. The molecule has 1 aliphatic rings. The molecule has 0 aliphatic carbocycles. The fourth-order valence-corrected chi connectivity index (χ4v) is 4.90. The average molecular weight is 521 g/mol. The molecule has 1 aliphatic heterocycles. The third kappa shape index (κ3) is 5.25. The van der Waals surface area contributed by atoms with E-state index in [4.69, 9.17) is 4.74 Å². The maximum absolute atomic E-state index is 13.1. The summed E-state index contributed by atoms with van der Waals surface area (Å²) in [5.74, 6) is -0.145. The van der Waals surface area contributed by atoms with Gasteiger partial charge in [-0.25, -0.2) is 4.79 Å². The molecule has 196 valence electrons. The summed E-state index contributed by atoms with van der Waals surface area (Å²) in [4.78, 5) is 39.0. The Labute approximate surface area is 226 Å². The van der Waals surface area contributed by atoms with Crippen molar-refractivity contribution in [2.45, 2.75) is 32.4 Å². The van der Waals surface area contributed by atoms with Crippen LogP contribution in [0.15, 0.2) is 97.1 Å². The zero-order chi connectivity index (χ0) is 27.5. The van der Waals surface area contributed by atoms with E-state index < -0.39 is 12.0 Å². The minimum absolute atomic E-state index is 0.241. The molecule has 0 spiro atoms. The molecule has 1 unspecified atom stereocenters. The van der Waals surface area contributed by atoms with Crippen molar-refractivity contribution in [3.05, 3.63) is 114 Å². The minimum Gasteiger partial charge on any atom is -0.480 e. The third-order valence-electron chi connectivity index (χ3n) is 6.96. The van der Waals surface area contributed by atoms with E-state index in [1.54, 1.807) is 31.2 Å². The number of carboxylic acids is 1. The Kier molecular flexibility index (Phi) is 7.14. The molecule has 39 heavy (non-hydrogen) atoms. The summed E-state index contributed by atoms with van der Waals surface area (Å²) in [5.41, 5.74) is 4.21. The highest BCUT2D eigenvalue weighted by Crippen LogP contribution is 2.38. The molecule has 4 aromatic carbocycles. The van der Waals surface area contributed by atoms with Gasteiger partial charge in [0.1, 0.15) is 17.5 Å². The first kappa shape index (κ1) is 25.7. The van der Waals surface area contributed by atoms with E-state index in [9.17, 15) is 19.5 Å². The van der Waals surface area contributed by atoms with E-state index in [1.807, 2.05) is 79.7 Å². The summed E-state index contributed by atoms with van der Waals surface area (Å²) in [6.45, 7) is 3.62. The largest absolute Gasteiger partial charge is 0.480 e. The number of nitrogens with one attached hydrogen (secondary N) is 1.